The van der Waals surface area contributed by atoms with Crippen LogP contribution in [0.2, 0.25) is 0 Å². The highest BCUT2D eigenvalue weighted by Gasteiger charge is 2.32. The van der Waals surface area contributed by atoms with E-state index in [0.717, 1.165) is 11.4 Å². The molecule has 0 aliphatic carbocycles. The maximum absolute atomic E-state index is 12.9. The number of nitrogens with zero attached hydrogens (tertiary/aromatic N) is 3. The van der Waals surface area contributed by atoms with Gasteiger partial charge < -0.3 is 9.47 Å². The van der Waals surface area contributed by atoms with Crippen LogP contribution in [0.5, 0.6) is 0 Å². The van der Waals surface area contributed by atoms with Crippen LogP contribution in [-0.2, 0) is 14.6 Å². The van der Waals surface area contributed by atoms with E-state index in [-0.39, 0.29) is 35.2 Å². The van der Waals surface area contributed by atoms with Crippen molar-refractivity contribution in [3.05, 3.63) is 23.0 Å². The molecular weight excluding hydrogens is 378 g/mol. The Balaban J connectivity index is 1.65. The van der Waals surface area contributed by atoms with Gasteiger partial charge in [-0.05, 0) is 26.3 Å². The first-order valence-corrected chi connectivity index (χ1v) is 11.8. The van der Waals surface area contributed by atoms with Crippen LogP contribution in [-0.4, -0.2) is 78.7 Å². The fraction of sp³-hybridized carbons (Fsp3) is 0.700. The fourth-order valence-electron chi connectivity index (χ4n) is 4.38. The van der Waals surface area contributed by atoms with Crippen molar-refractivity contribution in [2.24, 2.45) is 5.92 Å². The number of hydrogen-bond donors (Lipinski definition) is 0. The normalized spacial score (nSPS) is 22.8. The third-order valence-corrected chi connectivity index (χ3v) is 7.65. The minimum Gasteiger partial charge on any atom is -0.344 e. The minimum atomic E-state index is -2.98. The van der Waals surface area contributed by atoms with Crippen LogP contribution < -0.4 is 0 Å². The van der Waals surface area contributed by atoms with E-state index >= 15 is 0 Å². The van der Waals surface area contributed by atoms with Crippen molar-refractivity contribution < 1.29 is 18.0 Å². The Morgan fingerprint density at radius 2 is 1.79 bits per heavy atom. The number of Topliss-reactive ketones (excluding diaryl/α,β-unsaturated/α-hetero) is 1. The van der Waals surface area contributed by atoms with E-state index in [0.29, 0.717) is 44.7 Å². The van der Waals surface area contributed by atoms with E-state index in [1.165, 1.54) is 0 Å². The first-order chi connectivity index (χ1) is 13.1. The first-order valence-electron chi connectivity index (χ1n) is 10.0. The Morgan fingerprint density at radius 1 is 1.14 bits per heavy atom. The molecule has 0 N–H and O–H groups in total. The molecule has 1 aromatic rings. The summed E-state index contributed by atoms with van der Waals surface area (Å²) in [7, 11) is -2.98. The van der Waals surface area contributed by atoms with Gasteiger partial charge in [-0.3, -0.25) is 14.5 Å². The molecule has 0 aromatic carbocycles. The van der Waals surface area contributed by atoms with Crippen LogP contribution in [0.3, 0.4) is 0 Å². The first kappa shape index (κ1) is 21.0. The van der Waals surface area contributed by atoms with Gasteiger partial charge in [-0.25, -0.2) is 8.42 Å². The van der Waals surface area contributed by atoms with E-state index < -0.39 is 9.84 Å². The van der Waals surface area contributed by atoms with Crippen molar-refractivity contribution in [3.8, 4) is 0 Å². The minimum absolute atomic E-state index is 0.00188. The molecule has 156 valence electrons. The molecule has 0 bridgehead atoms. The van der Waals surface area contributed by atoms with Gasteiger partial charge in [0.1, 0.15) is 0 Å². The smallest absolute Gasteiger partial charge is 0.225 e. The molecule has 1 unspecified atom stereocenters. The highest BCUT2D eigenvalue weighted by Crippen LogP contribution is 2.29. The van der Waals surface area contributed by atoms with Crippen molar-refractivity contribution >= 4 is 21.5 Å². The van der Waals surface area contributed by atoms with E-state index in [1.54, 1.807) is 0 Å². The number of aryl methyl sites for hydroxylation is 1. The third-order valence-electron chi connectivity index (χ3n) is 5.90. The molecule has 3 heterocycles. The summed E-state index contributed by atoms with van der Waals surface area (Å²) < 4.78 is 25.7. The number of ketones is 1. The molecular formula is C20H31N3O4S. The predicted octanol–water partition coefficient (Wildman–Crippen LogP) is 1.45. The number of carbonyl (C=O) groups is 2. The summed E-state index contributed by atoms with van der Waals surface area (Å²) in [6.45, 7) is 10.7. The SMILES string of the molecule is Cc1cc(C(=O)CN2CCN(C(=O)C(C)C)CC2)c(C)n1C1CCS(=O)(=O)C1. The molecule has 1 amide bonds. The van der Waals surface area contributed by atoms with Crippen LogP contribution in [0.15, 0.2) is 6.07 Å². The maximum atomic E-state index is 12.9. The number of piperazine rings is 1. The summed E-state index contributed by atoms with van der Waals surface area (Å²) in [4.78, 5) is 29.0. The predicted molar refractivity (Wildman–Crippen MR) is 108 cm³/mol. The van der Waals surface area contributed by atoms with Crippen molar-refractivity contribution in [1.29, 1.82) is 0 Å². The monoisotopic (exact) mass is 409 g/mol. The summed E-state index contributed by atoms with van der Waals surface area (Å²) in [5.74, 6) is 0.600. The topological polar surface area (TPSA) is 79.7 Å². The summed E-state index contributed by atoms with van der Waals surface area (Å²) in [5, 5.41) is 0. The van der Waals surface area contributed by atoms with Gasteiger partial charge in [0.25, 0.3) is 0 Å². The molecule has 2 saturated heterocycles. The zero-order valence-corrected chi connectivity index (χ0v) is 18.1. The Morgan fingerprint density at radius 3 is 2.32 bits per heavy atom. The lowest BCUT2D eigenvalue weighted by molar-refractivity contribution is -0.136. The molecule has 2 aliphatic heterocycles. The van der Waals surface area contributed by atoms with E-state index in [2.05, 4.69) is 4.90 Å². The Kier molecular flexibility index (Phi) is 6.00. The number of rotatable bonds is 5. The molecule has 1 atom stereocenters. The second-order valence-corrected chi connectivity index (χ2v) is 10.6. The number of sulfone groups is 1. The number of aromatic nitrogens is 1. The average Bonchev–Trinajstić information content (AvgIpc) is 3.13. The highest BCUT2D eigenvalue weighted by atomic mass is 32.2. The van der Waals surface area contributed by atoms with Crippen LogP contribution in [0.25, 0.3) is 0 Å². The zero-order chi connectivity index (χ0) is 20.6. The molecule has 7 nitrogen and oxygen atoms in total. The number of carbonyl (C=O) groups excluding carboxylic acids is 2. The molecule has 8 heteroatoms. The van der Waals surface area contributed by atoms with Gasteiger partial charge in [-0.15, -0.1) is 0 Å². The van der Waals surface area contributed by atoms with Crippen LogP contribution >= 0.6 is 0 Å². The summed E-state index contributed by atoms with van der Waals surface area (Å²) >= 11 is 0. The molecule has 2 aliphatic rings. The van der Waals surface area contributed by atoms with Gasteiger partial charge in [0, 0.05) is 55.1 Å². The standard InChI is InChI=1S/C20H31N3O4S/c1-14(2)20(25)22-8-6-21(7-9-22)12-19(24)18-11-15(3)23(16(18)4)17-5-10-28(26,27)13-17/h11,14,17H,5-10,12-13H2,1-4H3. The summed E-state index contributed by atoms with van der Waals surface area (Å²) in [5.41, 5.74) is 2.48. The molecule has 3 rings (SSSR count). The fourth-order valence-corrected chi connectivity index (χ4v) is 6.08. The molecule has 0 radical (unpaired) electrons. The van der Waals surface area contributed by atoms with Crippen molar-refractivity contribution in [3.63, 3.8) is 0 Å². The molecule has 2 fully saturated rings. The van der Waals surface area contributed by atoms with Gasteiger partial charge in [-0.1, -0.05) is 13.8 Å². The Hall–Kier alpha value is -1.67. The molecule has 0 spiro atoms. The second kappa shape index (κ2) is 7.99. The van der Waals surface area contributed by atoms with Crippen molar-refractivity contribution in [2.45, 2.75) is 40.2 Å². The lowest BCUT2D eigenvalue weighted by atomic mass is 10.1. The summed E-state index contributed by atoms with van der Waals surface area (Å²) in [6, 6.07) is 1.82. The highest BCUT2D eigenvalue weighted by molar-refractivity contribution is 7.91. The molecule has 1 aromatic heterocycles. The largest absolute Gasteiger partial charge is 0.344 e. The van der Waals surface area contributed by atoms with Crippen molar-refractivity contribution in [2.75, 3.05) is 44.2 Å². The summed E-state index contributed by atoms with van der Waals surface area (Å²) in [6.07, 6.45) is 0.609. The lowest BCUT2D eigenvalue weighted by Crippen LogP contribution is -2.50. The second-order valence-electron chi connectivity index (χ2n) is 8.39. The molecule has 28 heavy (non-hydrogen) atoms. The number of amides is 1. The third kappa shape index (κ3) is 4.33. The number of hydrogen-bond acceptors (Lipinski definition) is 5. The Bertz CT molecular complexity index is 864. The zero-order valence-electron chi connectivity index (χ0n) is 17.3. The van der Waals surface area contributed by atoms with Crippen LogP contribution in [0.4, 0.5) is 0 Å². The van der Waals surface area contributed by atoms with Crippen molar-refractivity contribution in [1.82, 2.24) is 14.4 Å². The van der Waals surface area contributed by atoms with Gasteiger partial charge >= 0.3 is 0 Å². The maximum Gasteiger partial charge on any atom is 0.225 e. The van der Waals surface area contributed by atoms with E-state index in [9.17, 15) is 18.0 Å². The van der Waals surface area contributed by atoms with E-state index in [1.807, 2.05) is 43.2 Å². The van der Waals surface area contributed by atoms with Gasteiger partial charge in [0.15, 0.2) is 15.6 Å². The van der Waals surface area contributed by atoms with E-state index in [4.69, 9.17) is 0 Å². The lowest BCUT2D eigenvalue weighted by Gasteiger charge is -2.35. The van der Waals surface area contributed by atoms with Gasteiger partial charge in [0.2, 0.25) is 5.91 Å². The van der Waals surface area contributed by atoms with Gasteiger partial charge in [0.05, 0.1) is 18.1 Å². The average molecular weight is 410 g/mol. The van der Waals surface area contributed by atoms with Crippen LogP contribution in [0, 0.1) is 19.8 Å². The van der Waals surface area contributed by atoms with Gasteiger partial charge in [-0.2, -0.15) is 0 Å². The molecule has 0 saturated carbocycles. The van der Waals surface area contributed by atoms with Crippen LogP contribution in [0.1, 0.15) is 48.1 Å². The quantitative estimate of drug-likeness (QED) is 0.688. The Labute approximate surface area is 167 Å².